The van der Waals surface area contributed by atoms with Crippen LogP contribution >= 0.6 is 0 Å². The van der Waals surface area contributed by atoms with Gasteiger partial charge in [-0.15, -0.1) is 0 Å². The van der Waals surface area contributed by atoms with Crippen LogP contribution in [-0.4, -0.2) is 54.6 Å². The predicted octanol–water partition coefficient (Wildman–Crippen LogP) is 2.55. The van der Waals surface area contributed by atoms with Gasteiger partial charge in [0.25, 0.3) is 5.91 Å². The highest BCUT2D eigenvalue weighted by molar-refractivity contribution is 5.95. The third kappa shape index (κ3) is 3.69. The molecule has 0 N–H and O–H groups in total. The highest BCUT2D eigenvalue weighted by Gasteiger charge is 2.25. The van der Waals surface area contributed by atoms with Crippen molar-refractivity contribution in [1.29, 1.82) is 0 Å². The number of hydrogen-bond acceptors (Lipinski definition) is 4. The molecule has 2 aliphatic rings. The average Bonchev–Trinajstić information content (AvgIpc) is 3.20. The van der Waals surface area contributed by atoms with E-state index in [1.165, 1.54) is 18.2 Å². The summed E-state index contributed by atoms with van der Waals surface area (Å²) < 4.78 is 24.4. The molecule has 1 fully saturated rings. The Balaban J connectivity index is 1.34. The maximum absolute atomic E-state index is 13.8. The summed E-state index contributed by atoms with van der Waals surface area (Å²) in [5, 5.41) is 0. The zero-order valence-electron chi connectivity index (χ0n) is 15.1. The lowest BCUT2D eigenvalue weighted by Gasteiger charge is -2.34. The maximum Gasteiger partial charge on any atom is 0.256 e. The molecule has 0 aromatic heterocycles. The largest absolute Gasteiger partial charge is 0.454 e. The first-order valence-corrected chi connectivity index (χ1v) is 9.02. The van der Waals surface area contributed by atoms with Gasteiger partial charge in [0.1, 0.15) is 5.82 Å². The van der Waals surface area contributed by atoms with Gasteiger partial charge in [-0.05, 0) is 35.9 Å². The van der Waals surface area contributed by atoms with Crippen LogP contribution in [0.1, 0.15) is 15.9 Å². The molecular weight excluding hydrogens is 363 g/mol. The molecule has 0 saturated carbocycles. The Kier molecular flexibility index (Phi) is 4.97. The first kappa shape index (κ1) is 18.0. The maximum atomic E-state index is 13.8. The number of amides is 2. The van der Waals surface area contributed by atoms with E-state index in [1.807, 2.05) is 12.1 Å². The van der Waals surface area contributed by atoms with Crippen molar-refractivity contribution < 1.29 is 23.5 Å². The molecule has 144 valence electrons. The standard InChI is InChI=1S/C21H19FN2O4/c22-17-4-2-1-3-16(17)21(26)24-11-9-23(10-12-24)20(25)8-6-15-5-7-18-19(13-15)28-14-27-18/h1-8,13H,9-12,14H2. The second kappa shape index (κ2) is 7.72. The zero-order valence-corrected chi connectivity index (χ0v) is 15.1. The van der Waals surface area contributed by atoms with Gasteiger partial charge < -0.3 is 19.3 Å². The van der Waals surface area contributed by atoms with Crippen molar-refractivity contribution in [3.05, 3.63) is 65.5 Å². The number of halogens is 1. The summed E-state index contributed by atoms with van der Waals surface area (Å²) in [6.07, 6.45) is 3.23. The van der Waals surface area contributed by atoms with E-state index in [0.717, 1.165) is 5.56 Å². The third-order valence-corrected chi connectivity index (χ3v) is 4.80. The summed E-state index contributed by atoms with van der Waals surface area (Å²) >= 11 is 0. The van der Waals surface area contributed by atoms with E-state index in [2.05, 4.69) is 0 Å². The summed E-state index contributed by atoms with van der Waals surface area (Å²) in [5.74, 6) is 0.350. The van der Waals surface area contributed by atoms with Gasteiger partial charge in [0, 0.05) is 32.3 Å². The van der Waals surface area contributed by atoms with Gasteiger partial charge in [-0.1, -0.05) is 18.2 Å². The van der Waals surface area contributed by atoms with Crippen LogP contribution in [0.25, 0.3) is 6.08 Å². The number of nitrogens with zero attached hydrogens (tertiary/aromatic N) is 2. The highest BCUT2D eigenvalue weighted by atomic mass is 19.1. The highest BCUT2D eigenvalue weighted by Crippen LogP contribution is 2.32. The number of carbonyl (C=O) groups is 2. The summed E-state index contributed by atoms with van der Waals surface area (Å²) in [4.78, 5) is 28.1. The van der Waals surface area contributed by atoms with Crippen molar-refractivity contribution in [2.75, 3.05) is 33.0 Å². The minimum atomic E-state index is -0.530. The molecule has 2 aromatic carbocycles. The Labute approximate surface area is 161 Å². The molecule has 28 heavy (non-hydrogen) atoms. The van der Waals surface area contributed by atoms with E-state index in [4.69, 9.17) is 9.47 Å². The Morgan fingerprint density at radius 3 is 2.43 bits per heavy atom. The molecule has 7 heteroatoms. The molecule has 0 spiro atoms. The van der Waals surface area contributed by atoms with Crippen LogP contribution in [0.3, 0.4) is 0 Å². The van der Waals surface area contributed by atoms with Gasteiger partial charge in [0.15, 0.2) is 11.5 Å². The minimum absolute atomic E-state index is 0.0602. The molecule has 2 aromatic rings. The molecule has 1 saturated heterocycles. The number of ether oxygens (including phenoxy) is 2. The Hall–Kier alpha value is -3.35. The molecule has 0 aliphatic carbocycles. The molecule has 2 heterocycles. The zero-order chi connectivity index (χ0) is 19.5. The third-order valence-electron chi connectivity index (χ3n) is 4.80. The lowest BCUT2D eigenvalue weighted by molar-refractivity contribution is -0.127. The lowest BCUT2D eigenvalue weighted by atomic mass is 10.1. The number of piperazine rings is 1. The van der Waals surface area contributed by atoms with E-state index >= 15 is 0 Å². The molecule has 0 atom stereocenters. The number of benzene rings is 2. The SMILES string of the molecule is O=C(C=Cc1ccc2c(c1)OCO2)N1CCN(C(=O)c2ccccc2F)CC1. The van der Waals surface area contributed by atoms with E-state index in [1.54, 1.807) is 34.1 Å². The molecule has 2 amide bonds. The smallest absolute Gasteiger partial charge is 0.256 e. The lowest BCUT2D eigenvalue weighted by Crippen LogP contribution is -2.50. The molecule has 0 radical (unpaired) electrons. The van der Waals surface area contributed by atoms with Crippen molar-refractivity contribution in [3.63, 3.8) is 0 Å². The fourth-order valence-corrected chi connectivity index (χ4v) is 3.22. The van der Waals surface area contributed by atoms with Crippen LogP contribution in [0.2, 0.25) is 0 Å². The van der Waals surface area contributed by atoms with Crippen LogP contribution < -0.4 is 9.47 Å². The first-order valence-electron chi connectivity index (χ1n) is 9.02. The van der Waals surface area contributed by atoms with Crippen molar-refractivity contribution in [1.82, 2.24) is 9.80 Å². The second-order valence-electron chi connectivity index (χ2n) is 6.54. The summed E-state index contributed by atoms with van der Waals surface area (Å²) in [5.41, 5.74) is 0.899. The topological polar surface area (TPSA) is 59.1 Å². The fraction of sp³-hybridized carbons (Fsp3) is 0.238. The van der Waals surface area contributed by atoms with Crippen LogP contribution in [0.15, 0.2) is 48.5 Å². The molecule has 0 bridgehead atoms. The van der Waals surface area contributed by atoms with Crippen LogP contribution in [0.4, 0.5) is 4.39 Å². The summed E-state index contributed by atoms with van der Waals surface area (Å²) in [7, 11) is 0. The predicted molar refractivity (Wildman–Crippen MR) is 100 cm³/mol. The fourth-order valence-electron chi connectivity index (χ4n) is 3.22. The molecular formula is C21H19FN2O4. The van der Waals surface area contributed by atoms with Crippen LogP contribution in [-0.2, 0) is 4.79 Å². The summed E-state index contributed by atoms with van der Waals surface area (Å²) in [6.45, 7) is 1.76. The van der Waals surface area contributed by atoms with Crippen molar-refractivity contribution in [3.8, 4) is 11.5 Å². The van der Waals surface area contributed by atoms with E-state index in [-0.39, 0.29) is 24.2 Å². The monoisotopic (exact) mass is 382 g/mol. The minimum Gasteiger partial charge on any atom is -0.454 e. The van der Waals surface area contributed by atoms with Gasteiger partial charge in [-0.2, -0.15) is 0 Å². The second-order valence-corrected chi connectivity index (χ2v) is 6.54. The molecule has 6 nitrogen and oxygen atoms in total. The normalized spacial score (nSPS) is 15.9. The van der Waals surface area contributed by atoms with Gasteiger partial charge in [-0.3, -0.25) is 9.59 Å². The molecule has 0 unspecified atom stereocenters. The average molecular weight is 382 g/mol. The first-order chi connectivity index (χ1) is 13.6. The number of hydrogen-bond donors (Lipinski definition) is 0. The Morgan fingerprint density at radius 2 is 1.64 bits per heavy atom. The van der Waals surface area contributed by atoms with E-state index in [0.29, 0.717) is 37.7 Å². The number of carbonyl (C=O) groups excluding carboxylic acids is 2. The van der Waals surface area contributed by atoms with Crippen LogP contribution in [0, 0.1) is 5.82 Å². The number of rotatable bonds is 3. The Morgan fingerprint density at radius 1 is 0.929 bits per heavy atom. The van der Waals surface area contributed by atoms with Crippen molar-refractivity contribution >= 4 is 17.9 Å². The Bertz CT molecular complexity index is 936. The summed E-state index contributed by atoms with van der Waals surface area (Å²) in [6, 6.07) is 11.4. The number of fused-ring (bicyclic) bond motifs is 1. The van der Waals surface area contributed by atoms with Crippen molar-refractivity contribution in [2.24, 2.45) is 0 Å². The van der Waals surface area contributed by atoms with Gasteiger partial charge in [0.05, 0.1) is 5.56 Å². The van der Waals surface area contributed by atoms with E-state index < -0.39 is 5.82 Å². The van der Waals surface area contributed by atoms with Gasteiger partial charge in [-0.25, -0.2) is 4.39 Å². The molecule has 4 rings (SSSR count). The van der Waals surface area contributed by atoms with Crippen LogP contribution in [0.5, 0.6) is 11.5 Å². The van der Waals surface area contributed by atoms with Gasteiger partial charge in [0.2, 0.25) is 12.7 Å². The molecule has 2 aliphatic heterocycles. The quantitative estimate of drug-likeness (QED) is 0.766. The van der Waals surface area contributed by atoms with E-state index in [9.17, 15) is 14.0 Å². The van der Waals surface area contributed by atoms with Crippen molar-refractivity contribution in [2.45, 2.75) is 0 Å². The van der Waals surface area contributed by atoms with Gasteiger partial charge >= 0.3 is 0 Å².